The first-order chi connectivity index (χ1) is 14.0. The minimum atomic E-state index is -0.338. The zero-order valence-electron chi connectivity index (χ0n) is 16.6. The highest BCUT2D eigenvalue weighted by Gasteiger charge is 2.14. The van der Waals surface area contributed by atoms with Gasteiger partial charge in [0.15, 0.2) is 0 Å². The van der Waals surface area contributed by atoms with E-state index in [9.17, 15) is 9.59 Å². The normalized spacial score (nSPS) is 11.0. The van der Waals surface area contributed by atoms with Crippen molar-refractivity contribution >= 4 is 17.9 Å². The van der Waals surface area contributed by atoms with Crippen LogP contribution in [0.15, 0.2) is 84.6 Å². The number of nitrogens with one attached hydrogen (secondary N) is 2. The Morgan fingerprint density at radius 1 is 0.793 bits per heavy atom. The lowest BCUT2D eigenvalue weighted by molar-refractivity contribution is -0.117. The van der Waals surface area contributed by atoms with E-state index in [2.05, 4.69) is 10.6 Å². The number of hydrogen-bond acceptors (Lipinski definition) is 2. The van der Waals surface area contributed by atoms with Crippen molar-refractivity contribution < 1.29 is 9.59 Å². The number of benzene rings is 3. The van der Waals surface area contributed by atoms with Gasteiger partial charge >= 0.3 is 0 Å². The number of aryl methyl sites for hydroxylation is 2. The third-order valence-electron chi connectivity index (χ3n) is 4.49. The van der Waals surface area contributed by atoms with Crippen molar-refractivity contribution in [3.05, 3.63) is 112 Å². The van der Waals surface area contributed by atoms with Gasteiger partial charge in [-0.05, 0) is 43.2 Å². The first-order valence-electron chi connectivity index (χ1n) is 9.50. The van der Waals surface area contributed by atoms with Crippen molar-refractivity contribution in [1.29, 1.82) is 0 Å². The molecule has 0 aliphatic rings. The summed E-state index contributed by atoms with van der Waals surface area (Å²) in [5.74, 6) is -0.659. The van der Waals surface area contributed by atoms with E-state index in [1.807, 2.05) is 80.6 Å². The van der Waals surface area contributed by atoms with Crippen LogP contribution in [0, 0.1) is 13.8 Å². The molecule has 0 aliphatic carbocycles. The predicted octanol–water partition coefficient (Wildman–Crippen LogP) is 4.39. The Balaban J connectivity index is 1.80. The summed E-state index contributed by atoms with van der Waals surface area (Å²) in [6, 6.07) is 24.6. The van der Waals surface area contributed by atoms with Crippen molar-refractivity contribution in [1.82, 2.24) is 10.6 Å². The molecule has 4 heteroatoms. The Morgan fingerprint density at radius 2 is 1.38 bits per heavy atom. The standard InChI is InChI=1S/C25H24N2O2/c1-18-8-12-20(13-9-18)16-23(25(29)26-17-21-6-4-3-5-7-21)27-24(28)22-14-10-19(2)11-15-22/h3-16H,17H2,1-2H3,(H,26,29)(H,27,28)/b23-16-. The van der Waals surface area contributed by atoms with Crippen LogP contribution in [0.3, 0.4) is 0 Å². The lowest BCUT2D eigenvalue weighted by atomic mass is 10.1. The third-order valence-corrected chi connectivity index (χ3v) is 4.49. The summed E-state index contributed by atoms with van der Waals surface area (Å²) in [7, 11) is 0. The first-order valence-corrected chi connectivity index (χ1v) is 9.50. The largest absolute Gasteiger partial charge is 0.347 e. The van der Waals surface area contributed by atoms with E-state index >= 15 is 0 Å². The topological polar surface area (TPSA) is 58.2 Å². The molecular weight excluding hydrogens is 360 g/mol. The van der Waals surface area contributed by atoms with Gasteiger partial charge < -0.3 is 10.6 Å². The second kappa shape index (κ2) is 9.51. The molecule has 0 unspecified atom stereocenters. The quantitative estimate of drug-likeness (QED) is 0.619. The molecule has 0 aromatic heterocycles. The Morgan fingerprint density at radius 3 is 2.00 bits per heavy atom. The molecule has 0 spiro atoms. The van der Waals surface area contributed by atoms with Crippen LogP contribution in [-0.2, 0) is 11.3 Å². The molecule has 0 radical (unpaired) electrons. The van der Waals surface area contributed by atoms with Gasteiger partial charge in [0.1, 0.15) is 5.70 Å². The molecule has 29 heavy (non-hydrogen) atoms. The maximum Gasteiger partial charge on any atom is 0.268 e. The summed E-state index contributed by atoms with van der Waals surface area (Å²) < 4.78 is 0. The van der Waals surface area contributed by atoms with E-state index < -0.39 is 0 Å². The summed E-state index contributed by atoms with van der Waals surface area (Å²) >= 11 is 0. The zero-order valence-corrected chi connectivity index (χ0v) is 16.6. The molecule has 3 aromatic rings. The van der Waals surface area contributed by atoms with Gasteiger partial charge in [0.2, 0.25) is 0 Å². The van der Waals surface area contributed by atoms with Crippen molar-refractivity contribution in [2.24, 2.45) is 0 Å². The molecule has 0 heterocycles. The lowest BCUT2D eigenvalue weighted by Gasteiger charge is -2.12. The van der Waals surface area contributed by atoms with Crippen molar-refractivity contribution in [2.75, 3.05) is 0 Å². The predicted molar refractivity (Wildman–Crippen MR) is 116 cm³/mol. The third kappa shape index (κ3) is 5.91. The summed E-state index contributed by atoms with van der Waals surface area (Å²) in [6.07, 6.45) is 1.69. The molecule has 4 nitrogen and oxygen atoms in total. The molecule has 2 amide bonds. The highest BCUT2D eigenvalue weighted by Crippen LogP contribution is 2.10. The van der Waals surface area contributed by atoms with Gasteiger partial charge in [0.05, 0.1) is 0 Å². The van der Waals surface area contributed by atoms with Gasteiger partial charge in [-0.2, -0.15) is 0 Å². The Kier molecular flexibility index (Phi) is 6.59. The second-order valence-corrected chi connectivity index (χ2v) is 6.96. The van der Waals surface area contributed by atoms with Crippen LogP contribution in [0.25, 0.3) is 6.08 Å². The lowest BCUT2D eigenvalue weighted by Crippen LogP contribution is -2.34. The maximum atomic E-state index is 12.8. The fourth-order valence-electron chi connectivity index (χ4n) is 2.76. The van der Waals surface area contributed by atoms with E-state index in [0.717, 1.165) is 22.3 Å². The highest BCUT2D eigenvalue weighted by atomic mass is 16.2. The van der Waals surface area contributed by atoms with Crippen molar-refractivity contribution in [3.8, 4) is 0 Å². The minimum absolute atomic E-state index is 0.204. The number of amides is 2. The summed E-state index contributed by atoms with van der Waals surface area (Å²) in [5.41, 5.74) is 4.72. The number of hydrogen-bond donors (Lipinski definition) is 2. The number of carbonyl (C=O) groups excluding carboxylic acids is 2. The molecule has 3 aromatic carbocycles. The Labute approximate surface area is 171 Å². The highest BCUT2D eigenvalue weighted by molar-refractivity contribution is 6.05. The van der Waals surface area contributed by atoms with E-state index in [1.165, 1.54) is 0 Å². The van der Waals surface area contributed by atoms with Gasteiger partial charge in [0.25, 0.3) is 11.8 Å². The minimum Gasteiger partial charge on any atom is -0.347 e. The number of carbonyl (C=O) groups is 2. The van der Waals surface area contributed by atoms with Crippen LogP contribution >= 0.6 is 0 Å². The van der Waals surface area contributed by atoms with Gasteiger partial charge in [-0.3, -0.25) is 9.59 Å². The van der Waals surface area contributed by atoms with E-state index in [-0.39, 0.29) is 17.5 Å². The molecule has 0 aliphatic heterocycles. The van der Waals surface area contributed by atoms with Crippen molar-refractivity contribution in [2.45, 2.75) is 20.4 Å². The van der Waals surface area contributed by atoms with Crippen LogP contribution in [-0.4, -0.2) is 11.8 Å². The maximum absolute atomic E-state index is 12.8. The number of rotatable bonds is 6. The monoisotopic (exact) mass is 384 g/mol. The SMILES string of the molecule is Cc1ccc(/C=C(\NC(=O)c2ccc(C)cc2)C(=O)NCc2ccccc2)cc1. The molecule has 0 saturated carbocycles. The van der Waals surface area contributed by atoms with E-state index in [0.29, 0.717) is 12.1 Å². The molecule has 0 saturated heterocycles. The van der Waals surface area contributed by atoms with Gasteiger partial charge in [-0.15, -0.1) is 0 Å². The second-order valence-electron chi connectivity index (χ2n) is 6.96. The first kappa shape index (κ1) is 20.1. The van der Waals surface area contributed by atoms with Crippen LogP contribution in [0.2, 0.25) is 0 Å². The molecule has 0 bridgehead atoms. The Bertz CT molecular complexity index is 1000. The summed E-state index contributed by atoms with van der Waals surface area (Å²) in [6.45, 7) is 4.34. The smallest absolute Gasteiger partial charge is 0.268 e. The van der Waals surface area contributed by atoms with E-state index in [1.54, 1.807) is 18.2 Å². The zero-order chi connectivity index (χ0) is 20.6. The van der Waals surface area contributed by atoms with Crippen LogP contribution in [0.4, 0.5) is 0 Å². The van der Waals surface area contributed by atoms with Gasteiger partial charge in [0, 0.05) is 12.1 Å². The van der Waals surface area contributed by atoms with Crippen molar-refractivity contribution in [3.63, 3.8) is 0 Å². The average molecular weight is 384 g/mol. The summed E-state index contributed by atoms with van der Waals surface area (Å²) in [5, 5.41) is 5.64. The van der Waals surface area contributed by atoms with Gasteiger partial charge in [-0.25, -0.2) is 0 Å². The molecular formula is C25H24N2O2. The molecule has 0 atom stereocenters. The molecule has 3 rings (SSSR count). The fourth-order valence-corrected chi connectivity index (χ4v) is 2.76. The van der Waals surface area contributed by atoms with Gasteiger partial charge in [-0.1, -0.05) is 77.9 Å². The molecule has 0 fully saturated rings. The molecule has 2 N–H and O–H groups in total. The Hall–Kier alpha value is -3.66. The van der Waals surface area contributed by atoms with E-state index in [4.69, 9.17) is 0 Å². The fraction of sp³-hybridized carbons (Fsp3) is 0.120. The van der Waals surface area contributed by atoms with Crippen LogP contribution in [0.5, 0.6) is 0 Å². The molecule has 146 valence electrons. The summed E-state index contributed by atoms with van der Waals surface area (Å²) in [4.78, 5) is 25.5. The average Bonchev–Trinajstić information content (AvgIpc) is 2.74. The van der Waals surface area contributed by atoms with Crippen LogP contribution in [0.1, 0.15) is 32.6 Å². The van der Waals surface area contributed by atoms with Crippen LogP contribution < -0.4 is 10.6 Å².